The molecule has 0 aliphatic heterocycles. The fraction of sp³-hybridized carbons (Fsp3) is 0.353. The lowest BCUT2D eigenvalue weighted by Gasteiger charge is -2.19. The molecule has 0 fully saturated rings. The van der Waals surface area contributed by atoms with Crippen molar-refractivity contribution in [1.29, 1.82) is 0 Å². The van der Waals surface area contributed by atoms with Gasteiger partial charge in [-0.3, -0.25) is 0 Å². The number of allylic oxidation sites excluding steroid dienone is 1. The molecular weight excluding hydrogens is 296 g/mol. The molecule has 0 saturated carbocycles. The molecule has 22 heavy (non-hydrogen) atoms. The molecule has 2 amide bonds. The van der Waals surface area contributed by atoms with Crippen molar-refractivity contribution >= 4 is 27.5 Å². The number of carbonyl (C=O) groups is 1. The summed E-state index contributed by atoms with van der Waals surface area (Å²) in [5.74, 6) is 0. The Labute approximate surface area is 133 Å². The molecule has 0 radical (unpaired) electrons. The van der Waals surface area contributed by atoms with E-state index < -0.39 is 6.10 Å². The van der Waals surface area contributed by atoms with Crippen LogP contribution in [0.1, 0.15) is 30.2 Å². The summed E-state index contributed by atoms with van der Waals surface area (Å²) in [5.41, 5.74) is 0. The van der Waals surface area contributed by atoms with Crippen LogP contribution in [-0.4, -0.2) is 23.7 Å². The van der Waals surface area contributed by atoms with E-state index in [1.807, 2.05) is 36.4 Å². The van der Waals surface area contributed by atoms with Crippen LogP contribution in [0.25, 0.3) is 10.1 Å². The molecule has 2 unspecified atom stereocenters. The minimum absolute atomic E-state index is 0.107. The lowest BCUT2D eigenvalue weighted by molar-refractivity contribution is 0.176. The van der Waals surface area contributed by atoms with Crippen LogP contribution in [0.5, 0.6) is 0 Å². The van der Waals surface area contributed by atoms with Gasteiger partial charge in [0.1, 0.15) is 6.10 Å². The number of hydrogen-bond acceptors (Lipinski definition) is 3. The number of urea groups is 1. The monoisotopic (exact) mass is 316 g/mol. The Morgan fingerprint density at radius 2 is 2.27 bits per heavy atom. The lowest BCUT2D eigenvalue weighted by Crippen LogP contribution is -2.43. The molecule has 3 N–H and O–H groups in total. The zero-order valence-electron chi connectivity index (χ0n) is 12.3. The van der Waals surface area contributed by atoms with Gasteiger partial charge in [-0.05, 0) is 36.8 Å². The van der Waals surface area contributed by atoms with E-state index in [-0.39, 0.29) is 18.6 Å². The fourth-order valence-corrected chi connectivity index (χ4v) is 3.66. The number of amides is 2. The van der Waals surface area contributed by atoms with Gasteiger partial charge in [-0.15, -0.1) is 11.3 Å². The van der Waals surface area contributed by atoms with Crippen molar-refractivity contribution in [2.45, 2.75) is 31.4 Å². The first-order valence-corrected chi connectivity index (χ1v) is 8.41. The van der Waals surface area contributed by atoms with Gasteiger partial charge in [0.2, 0.25) is 0 Å². The largest absolute Gasteiger partial charge is 0.386 e. The maximum absolute atomic E-state index is 11.9. The highest BCUT2D eigenvalue weighted by atomic mass is 32.1. The normalized spacial score (nSPS) is 19.0. The Bertz CT molecular complexity index is 647. The van der Waals surface area contributed by atoms with Gasteiger partial charge < -0.3 is 15.7 Å². The minimum atomic E-state index is -0.676. The molecule has 1 aliphatic rings. The quantitative estimate of drug-likeness (QED) is 0.758. The predicted octanol–water partition coefficient (Wildman–Crippen LogP) is 3.34. The Hall–Kier alpha value is -1.85. The summed E-state index contributed by atoms with van der Waals surface area (Å²) in [6, 6.07) is 9.89. The zero-order chi connectivity index (χ0) is 15.4. The molecule has 1 aliphatic carbocycles. The topological polar surface area (TPSA) is 61.4 Å². The number of rotatable bonds is 4. The fourth-order valence-electron chi connectivity index (χ4n) is 2.61. The number of hydrogen-bond donors (Lipinski definition) is 3. The van der Waals surface area contributed by atoms with Gasteiger partial charge in [-0.1, -0.05) is 30.4 Å². The van der Waals surface area contributed by atoms with E-state index in [2.05, 4.69) is 16.7 Å². The maximum Gasteiger partial charge on any atom is 0.315 e. The highest BCUT2D eigenvalue weighted by molar-refractivity contribution is 7.19. The van der Waals surface area contributed by atoms with Crippen molar-refractivity contribution in [2.24, 2.45) is 0 Å². The highest BCUT2D eigenvalue weighted by Gasteiger charge is 2.15. The smallest absolute Gasteiger partial charge is 0.315 e. The van der Waals surface area contributed by atoms with Crippen molar-refractivity contribution in [3.8, 4) is 0 Å². The molecule has 3 rings (SSSR count). The van der Waals surface area contributed by atoms with Crippen LogP contribution in [0, 0.1) is 0 Å². The Kier molecular flexibility index (Phi) is 4.75. The Balaban J connectivity index is 1.52. The minimum Gasteiger partial charge on any atom is -0.386 e. The molecule has 0 saturated heterocycles. The molecular formula is C17H20N2O2S. The SMILES string of the molecule is O=C(NCC(O)c1cc2ccccc2s1)NC1C=CCCC1. The van der Waals surface area contributed by atoms with E-state index in [0.717, 1.165) is 34.2 Å². The van der Waals surface area contributed by atoms with Crippen LogP contribution >= 0.6 is 11.3 Å². The van der Waals surface area contributed by atoms with E-state index in [1.165, 1.54) is 0 Å². The molecule has 0 spiro atoms. The summed E-state index contributed by atoms with van der Waals surface area (Å²) in [7, 11) is 0. The van der Waals surface area contributed by atoms with Crippen LogP contribution in [-0.2, 0) is 0 Å². The number of carbonyl (C=O) groups excluding carboxylic acids is 1. The number of thiophene rings is 1. The number of benzene rings is 1. The Morgan fingerprint density at radius 1 is 1.41 bits per heavy atom. The second kappa shape index (κ2) is 6.94. The van der Waals surface area contributed by atoms with Crippen LogP contribution in [0.3, 0.4) is 0 Å². The molecule has 1 heterocycles. The molecule has 2 atom stereocenters. The van der Waals surface area contributed by atoms with Crippen LogP contribution in [0.4, 0.5) is 4.79 Å². The predicted molar refractivity (Wildman–Crippen MR) is 90.1 cm³/mol. The first kappa shape index (κ1) is 15.1. The zero-order valence-corrected chi connectivity index (χ0v) is 13.1. The molecule has 0 bridgehead atoms. The van der Waals surface area contributed by atoms with Gasteiger partial charge >= 0.3 is 6.03 Å². The Morgan fingerprint density at radius 3 is 3.05 bits per heavy atom. The second-order valence-electron chi connectivity index (χ2n) is 5.52. The molecule has 116 valence electrons. The summed E-state index contributed by atoms with van der Waals surface area (Å²) >= 11 is 1.56. The van der Waals surface area contributed by atoms with E-state index in [9.17, 15) is 9.90 Å². The number of aliphatic hydroxyl groups excluding tert-OH is 1. The van der Waals surface area contributed by atoms with Crippen LogP contribution in [0.15, 0.2) is 42.5 Å². The number of fused-ring (bicyclic) bond motifs is 1. The first-order chi connectivity index (χ1) is 10.7. The molecule has 1 aromatic heterocycles. The average molecular weight is 316 g/mol. The van der Waals surface area contributed by atoms with E-state index >= 15 is 0 Å². The van der Waals surface area contributed by atoms with Gasteiger partial charge in [0.05, 0.1) is 6.54 Å². The third kappa shape index (κ3) is 3.67. The first-order valence-electron chi connectivity index (χ1n) is 7.60. The van der Waals surface area contributed by atoms with E-state index in [0.29, 0.717) is 0 Å². The maximum atomic E-state index is 11.9. The molecule has 1 aromatic carbocycles. The van der Waals surface area contributed by atoms with Crippen molar-refractivity contribution < 1.29 is 9.90 Å². The van der Waals surface area contributed by atoms with Crippen molar-refractivity contribution in [1.82, 2.24) is 10.6 Å². The third-order valence-electron chi connectivity index (χ3n) is 3.80. The number of aliphatic hydroxyl groups is 1. The third-order valence-corrected chi connectivity index (χ3v) is 5.02. The second-order valence-corrected chi connectivity index (χ2v) is 6.64. The van der Waals surface area contributed by atoms with Gasteiger partial charge in [0, 0.05) is 15.6 Å². The van der Waals surface area contributed by atoms with Crippen molar-refractivity contribution in [3.63, 3.8) is 0 Å². The van der Waals surface area contributed by atoms with Gasteiger partial charge in [-0.2, -0.15) is 0 Å². The van der Waals surface area contributed by atoms with Gasteiger partial charge in [-0.25, -0.2) is 4.79 Å². The van der Waals surface area contributed by atoms with Gasteiger partial charge in [0.25, 0.3) is 0 Å². The van der Waals surface area contributed by atoms with Gasteiger partial charge in [0.15, 0.2) is 0 Å². The lowest BCUT2D eigenvalue weighted by atomic mass is 10.0. The van der Waals surface area contributed by atoms with Crippen molar-refractivity contribution in [3.05, 3.63) is 47.4 Å². The molecule has 5 heteroatoms. The standard InChI is InChI=1S/C17H20N2O2S/c20-14(16-10-12-6-4-5-9-15(12)22-16)11-18-17(21)19-13-7-2-1-3-8-13/h2,4-7,9-10,13-14,20H,1,3,8,11H2,(H2,18,19,21). The average Bonchev–Trinajstić information content (AvgIpc) is 2.98. The highest BCUT2D eigenvalue weighted by Crippen LogP contribution is 2.29. The van der Waals surface area contributed by atoms with Crippen LogP contribution in [0.2, 0.25) is 0 Å². The summed E-state index contributed by atoms with van der Waals surface area (Å²) in [6.07, 6.45) is 6.62. The molecule has 2 aromatic rings. The van der Waals surface area contributed by atoms with Crippen LogP contribution < -0.4 is 10.6 Å². The summed E-state index contributed by atoms with van der Waals surface area (Å²) in [4.78, 5) is 12.7. The van der Waals surface area contributed by atoms with Crippen molar-refractivity contribution in [2.75, 3.05) is 6.54 Å². The van der Waals surface area contributed by atoms with E-state index in [1.54, 1.807) is 11.3 Å². The molecule has 4 nitrogen and oxygen atoms in total. The number of nitrogens with one attached hydrogen (secondary N) is 2. The summed E-state index contributed by atoms with van der Waals surface area (Å²) in [5, 5.41) is 17.0. The summed E-state index contributed by atoms with van der Waals surface area (Å²) < 4.78 is 1.15. The van der Waals surface area contributed by atoms with E-state index in [4.69, 9.17) is 0 Å². The summed E-state index contributed by atoms with van der Waals surface area (Å²) in [6.45, 7) is 0.217.